The first-order valence-electron chi connectivity index (χ1n) is 7.49. The van der Waals surface area contributed by atoms with Gasteiger partial charge >= 0.3 is 5.97 Å². The molecule has 7 heteroatoms. The third kappa shape index (κ3) is 3.08. The van der Waals surface area contributed by atoms with Crippen molar-refractivity contribution in [1.82, 2.24) is 4.57 Å². The first-order chi connectivity index (χ1) is 11.9. The number of fused-ring (bicyclic) bond motifs is 1. The summed E-state index contributed by atoms with van der Waals surface area (Å²) in [5.41, 5.74) is 2.92. The van der Waals surface area contributed by atoms with E-state index in [1.807, 2.05) is 16.9 Å². The fourth-order valence-electron chi connectivity index (χ4n) is 2.98. The summed E-state index contributed by atoms with van der Waals surface area (Å²) in [6.07, 6.45) is -0.156. The van der Waals surface area contributed by atoms with Crippen LogP contribution in [0.2, 0.25) is 0 Å². The largest absolute Gasteiger partial charge is 0.494 e. The van der Waals surface area contributed by atoms with Gasteiger partial charge in [0.2, 0.25) is 0 Å². The summed E-state index contributed by atoms with van der Waals surface area (Å²) in [5.74, 6) is -1.37. The lowest BCUT2D eigenvalue weighted by molar-refractivity contribution is -0.136. The summed E-state index contributed by atoms with van der Waals surface area (Å²) in [6, 6.07) is 6.79. The zero-order chi connectivity index (χ0) is 18.1. The molecule has 0 fully saturated rings. The molecular formula is C18H15FN2O3S. The van der Waals surface area contributed by atoms with E-state index in [1.165, 1.54) is 24.5 Å². The number of methoxy groups -OCH3 is 1. The molecule has 0 unspecified atom stereocenters. The van der Waals surface area contributed by atoms with Crippen LogP contribution >= 0.6 is 11.3 Å². The van der Waals surface area contributed by atoms with Crippen LogP contribution < -0.4 is 4.74 Å². The molecule has 0 saturated carbocycles. The zero-order valence-electron chi connectivity index (χ0n) is 13.7. The minimum absolute atomic E-state index is 0.0820. The standard InChI is InChI=1S/C18H15FN2O3S/c1-10-13(5-18(22)23)14-4-17(24-2)15(19)6-16(14)21(10)8-11-3-12(7-20)25-9-11/h3-4,6,9H,5,8H2,1-2H3,(H,22,23). The van der Waals surface area contributed by atoms with Gasteiger partial charge in [0, 0.05) is 23.7 Å². The number of carboxylic acids is 1. The highest BCUT2D eigenvalue weighted by atomic mass is 32.1. The van der Waals surface area contributed by atoms with Crippen LogP contribution in [0.1, 0.15) is 21.7 Å². The van der Waals surface area contributed by atoms with Gasteiger partial charge in [-0.2, -0.15) is 5.26 Å². The average molecular weight is 358 g/mol. The molecule has 0 aliphatic rings. The molecule has 1 aromatic carbocycles. The minimum Gasteiger partial charge on any atom is -0.494 e. The van der Waals surface area contributed by atoms with Crippen LogP contribution in [-0.2, 0) is 17.8 Å². The first-order valence-corrected chi connectivity index (χ1v) is 8.37. The molecular weight excluding hydrogens is 343 g/mol. The summed E-state index contributed by atoms with van der Waals surface area (Å²) in [4.78, 5) is 11.8. The molecule has 2 aromatic heterocycles. The smallest absolute Gasteiger partial charge is 0.307 e. The van der Waals surface area contributed by atoms with Crippen LogP contribution in [0.4, 0.5) is 4.39 Å². The summed E-state index contributed by atoms with van der Waals surface area (Å²) in [6.45, 7) is 2.26. The van der Waals surface area contributed by atoms with Crippen molar-refractivity contribution in [1.29, 1.82) is 5.26 Å². The van der Waals surface area contributed by atoms with Crippen LogP contribution in [0.15, 0.2) is 23.6 Å². The van der Waals surface area contributed by atoms with Crippen molar-refractivity contribution in [2.24, 2.45) is 0 Å². The van der Waals surface area contributed by atoms with E-state index >= 15 is 0 Å². The summed E-state index contributed by atoms with van der Waals surface area (Å²) >= 11 is 1.34. The molecule has 3 rings (SSSR count). The number of hydrogen-bond acceptors (Lipinski definition) is 4. The number of aromatic nitrogens is 1. The number of ether oxygens (including phenoxy) is 1. The molecule has 0 amide bonds. The highest BCUT2D eigenvalue weighted by molar-refractivity contribution is 7.10. The molecule has 128 valence electrons. The number of carbonyl (C=O) groups is 1. The lowest BCUT2D eigenvalue weighted by atomic mass is 10.1. The maximum absolute atomic E-state index is 14.2. The first kappa shape index (κ1) is 17.0. The molecule has 0 spiro atoms. The topological polar surface area (TPSA) is 75.2 Å². The molecule has 25 heavy (non-hydrogen) atoms. The highest BCUT2D eigenvalue weighted by Crippen LogP contribution is 2.32. The van der Waals surface area contributed by atoms with Gasteiger partial charge in [0.25, 0.3) is 0 Å². The average Bonchev–Trinajstić information content (AvgIpc) is 3.12. The number of benzene rings is 1. The zero-order valence-corrected chi connectivity index (χ0v) is 14.5. The number of nitrogens with zero attached hydrogens (tertiary/aromatic N) is 2. The predicted molar refractivity (Wildman–Crippen MR) is 92.7 cm³/mol. The molecule has 0 aliphatic heterocycles. The monoisotopic (exact) mass is 358 g/mol. The SMILES string of the molecule is COc1cc2c(CC(=O)O)c(C)n(Cc3csc(C#N)c3)c2cc1F. The molecule has 0 radical (unpaired) electrons. The normalized spacial score (nSPS) is 10.8. The van der Waals surface area contributed by atoms with Crippen LogP contribution in [0.3, 0.4) is 0 Å². The second-order valence-electron chi connectivity index (χ2n) is 5.66. The molecule has 0 aliphatic carbocycles. The third-order valence-electron chi connectivity index (χ3n) is 4.16. The molecule has 2 heterocycles. The van der Waals surface area contributed by atoms with E-state index in [2.05, 4.69) is 6.07 Å². The fraction of sp³-hybridized carbons (Fsp3) is 0.222. The van der Waals surface area contributed by atoms with Gasteiger partial charge in [-0.1, -0.05) is 0 Å². The second-order valence-corrected chi connectivity index (χ2v) is 6.57. The van der Waals surface area contributed by atoms with Gasteiger partial charge in [-0.3, -0.25) is 4.79 Å². The Morgan fingerprint density at radius 1 is 1.44 bits per heavy atom. The predicted octanol–water partition coefficient (Wildman–Crippen LogP) is 3.71. The van der Waals surface area contributed by atoms with Crippen LogP contribution in [0.5, 0.6) is 5.75 Å². The number of aliphatic carboxylic acids is 1. The number of nitriles is 1. The molecule has 0 saturated heterocycles. The van der Waals surface area contributed by atoms with Crippen molar-refractivity contribution in [3.63, 3.8) is 0 Å². The Kier molecular flexibility index (Phi) is 4.47. The minimum atomic E-state index is -0.951. The Labute approximate surface area is 147 Å². The molecule has 0 atom stereocenters. The maximum atomic E-state index is 14.2. The van der Waals surface area contributed by atoms with Crippen molar-refractivity contribution < 1.29 is 19.0 Å². The van der Waals surface area contributed by atoms with Crippen molar-refractivity contribution >= 4 is 28.2 Å². The van der Waals surface area contributed by atoms with Gasteiger partial charge in [-0.15, -0.1) is 11.3 Å². The van der Waals surface area contributed by atoms with E-state index < -0.39 is 11.8 Å². The number of thiophene rings is 1. The van der Waals surface area contributed by atoms with Gasteiger partial charge in [0.15, 0.2) is 11.6 Å². The Bertz CT molecular complexity index is 1010. The maximum Gasteiger partial charge on any atom is 0.307 e. The lowest BCUT2D eigenvalue weighted by Crippen LogP contribution is -2.04. The Morgan fingerprint density at radius 3 is 2.80 bits per heavy atom. The molecule has 3 aromatic rings. The van der Waals surface area contributed by atoms with E-state index in [4.69, 9.17) is 10.00 Å². The van der Waals surface area contributed by atoms with Gasteiger partial charge in [0.05, 0.1) is 19.0 Å². The summed E-state index contributed by atoms with van der Waals surface area (Å²) in [7, 11) is 1.37. The number of hydrogen-bond donors (Lipinski definition) is 1. The van der Waals surface area contributed by atoms with Gasteiger partial charge in [0.1, 0.15) is 10.9 Å². The van der Waals surface area contributed by atoms with Gasteiger partial charge in [-0.05, 0) is 35.6 Å². The van der Waals surface area contributed by atoms with Crippen LogP contribution in [0.25, 0.3) is 10.9 Å². The number of halogens is 1. The lowest BCUT2D eigenvalue weighted by Gasteiger charge is -2.08. The Balaban J connectivity index is 2.19. The van der Waals surface area contributed by atoms with Crippen molar-refractivity contribution in [2.45, 2.75) is 19.9 Å². The number of rotatable bonds is 5. The second kappa shape index (κ2) is 6.57. The Hall–Kier alpha value is -2.85. The van der Waals surface area contributed by atoms with Gasteiger partial charge < -0.3 is 14.4 Å². The highest BCUT2D eigenvalue weighted by Gasteiger charge is 2.19. The molecule has 0 bridgehead atoms. The van der Waals surface area contributed by atoms with E-state index in [-0.39, 0.29) is 12.2 Å². The van der Waals surface area contributed by atoms with Crippen molar-refractivity contribution in [3.05, 3.63) is 51.1 Å². The quantitative estimate of drug-likeness (QED) is 0.754. The number of carboxylic acid groups (broad SMARTS) is 1. The fourth-order valence-corrected chi connectivity index (χ4v) is 3.67. The summed E-state index contributed by atoms with van der Waals surface area (Å²) in [5, 5.41) is 20.7. The van der Waals surface area contributed by atoms with E-state index in [0.29, 0.717) is 27.9 Å². The van der Waals surface area contributed by atoms with Crippen molar-refractivity contribution in [3.8, 4) is 11.8 Å². The summed E-state index contributed by atoms with van der Waals surface area (Å²) < 4.78 is 21.1. The molecule has 1 N–H and O–H groups in total. The van der Waals surface area contributed by atoms with Gasteiger partial charge in [-0.25, -0.2) is 4.39 Å². The van der Waals surface area contributed by atoms with Crippen LogP contribution in [0, 0.1) is 24.1 Å². The third-order valence-corrected chi connectivity index (χ3v) is 5.04. The Morgan fingerprint density at radius 2 is 2.20 bits per heavy atom. The van der Waals surface area contributed by atoms with Crippen molar-refractivity contribution in [2.75, 3.05) is 7.11 Å². The molecule has 5 nitrogen and oxygen atoms in total. The van der Waals surface area contributed by atoms with E-state index in [9.17, 15) is 14.3 Å². The van der Waals surface area contributed by atoms with E-state index in [0.717, 1.165) is 11.3 Å². The van der Waals surface area contributed by atoms with E-state index in [1.54, 1.807) is 12.1 Å². The van der Waals surface area contributed by atoms with Crippen LogP contribution in [-0.4, -0.2) is 22.8 Å².